The van der Waals surface area contributed by atoms with Crippen molar-refractivity contribution in [1.82, 2.24) is 0 Å². The van der Waals surface area contributed by atoms with Crippen LogP contribution in [-0.4, -0.2) is 43.3 Å². The average Bonchev–Trinajstić information content (AvgIpc) is 3.16. The molecule has 0 saturated heterocycles. The first-order chi connectivity index (χ1) is 26.3. The van der Waals surface area contributed by atoms with Gasteiger partial charge in [-0.15, -0.1) is 0 Å². The first kappa shape index (κ1) is 52.0. The third kappa shape index (κ3) is 39.7. The molecule has 314 valence electrons. The molecule has 0 aromatic rings. The number of esters is 2. The number of rotatable bonds is 40. The van der Waals surface area contributed by atoms with Gasteiger partial charge in [-0.25, -0.2) is 4.57 Å². The molecule has 0 fully saturated rings. The van der Waals surface area contributed by atoms with E-state index in [1.807, 2.05) is 0 Å². The van der Waals surface area contributed by atoms with Gasteiger partial charge in [-0.2, -0.15) is 0 Å². The highest BCUT2D eigenvalue weighted by Crippen LogP contribution is 2.42. The van der Waals surface area contributed by atoms with E-state index in [1.54, 1.807) is 0 Å². The molecule has 0 aliphatic carbocycles. The van der Waals surface area contributed by atoms with E-state index in [2.05, 4.69) is 67.0 Å². The van der Waals surface area contributed by atoms with Crippen LogP contribution >= 0.6 is 7.82 Å². The van der Waals surface area contributed by atoms with Gasteiger partial charge in [-0.3, -0.25) is 18.6 Å². The minimum absolute atomic E-state index is 0.217. The summed E-state index contributed by atoms with van der Waals surface area (Å²) >= 11 is 0. The highest BCUT2D eigenvalue weighted by molar-refractivity contribution is 7.47. The molecule has 2 unspecified atom stereocenters. The van der Waals surface area contributed by atoms with Crippen molar-refractivity contribution < 1.29 is 37.6 Å². The minimum Gasteiger partial charge on any atom is -0.462 e. The zero-order valence-electron chi connectivity index (χ0n) is 34.9. The molecule has 0 heterocycles. The lowest BCUT2D eigenvalue weighted by atomic mass is 10.0. The molecule has 0 rings (SSSR count). The van der Waals surface area contributed by atoms with E-state index in [-0.39, 0.29) is 25.4 Å². The van der Waals surface area contributed by atoms with Crippen molar-refractivity contribution in [2.45, 2.75) is 206 Å². The second-order valence-electron chi connectivity index (χ2n) is 14.5. The van der Waals surface area contributed by atoms with Crippen molar-refractivity contribution in [3.05, 3.63) is 48.6 Å². The van der Waals surface area contributed by atoms with E-state index in [0.717, 1.165) is 77.7 Å². The van der Waals surface area contributed by atoms with E-state index in [1.165, 1.54) is 96.3 Å². The molecule has 2 atom stereocenters. The summed E-state index contributed by atoms with van der Waals surface area (Å²) in [4.78, 5) is 34.5. The fourth-order valence-corrected chi connectivity index (χ4v) is 6.46. The molecule has 0 aromatic carbocycles. The monoisotopic (exact) mass is 781 g/mol. The molecule has 0 radical (unpaired) electrons. The van der Waals surface area contributed by atoms with Crippen molar-refractivity contribution in [2.75, 3.05) is 20.3 Å². The number of carbonyl (C=O) groups excluding carboxylic acids is 2. The van der Waals surface area contributed by atoms with Crippen molar-refractivity contribution in [2.24, 2.45) is 0 Å². The Labute approximate surface area is 331 Å². The second kappa shape index (κ2) is 40.7. The number of ether oxygens (including phenoxy) is 2. The summed E-state index contributed by atoms with van der Waals surface area (Å²) in [6, 6.07) is 0. The fourth-order valence-electron chi connectivity index (χ4n) is 6.00. The normalized spacial score (nSPS) is 13.8. The predicted octanol–water partition coefficient (Wildman–Crippen LogP) is 13.8. The largest absolute Gasteiger partial charge is 0.472 e. The number of phosphoric acid groups is 1. The summed E-state index contributed by atoms with van der Waals surface area (Å²) in [5.74, 6) is -0.827. The topological polar surface area (TPSA) is 108 Å². The number of allylic oxidation sites excluding steroid dienone is 8. The lowest BCUT2D eigenvalue weighted by Crippen LogP contribution is -2.29. The van der Waals surface area contributed by atoms with Crippen LogP contribution in [-0.2, 0) is 32.7 Å². The third-order valence-corrected chi connectivity index (χ3v) is 10.3. The standard InChI is InChI=1S/C45H81O8P/c1-4-6-8-10-12-14-16-18-20-22-24-25-27-29-31-33-35-37-39-44(46)51-41-43(42-52-54(48,49)50-3)53-45(47)40-38-36-34-32-30-28-26-23-21-19-17-15-13-11-9-7-5-2/h7,9,13,15,19,21,26,28,43H,4-6,8,10-12,14,16-18,20,22-25,27,29-42H2,1-3H3,(H,48,49)/b9-7-,15-13-,21-19-,28-26-. The van der Waals surface area contributed by atoms with Gasteiger partial charge in [0.25, 0.3) is 0 Å². The molecule has 1 N–H and O–H groups in total. The molecule has 8 nitrogen and oxygen atoms in total. The van der Waals surface area contributed by atoms with Gasteiger partial charge in [0.05, 0.1) is 6.61 Å². The average molecular weight is 781 g/mol. The van der Waals surface area contributed by atoms with Crippen LogP contribution in [0.4, 0.5) is 0 Å². The Hall–Kier alpha value is -1.99. The molecule has 0 amide bonds. The predicted molar refractivity (Wildman–Crippen MR) is 225 cm³/mol. The number of carbonyl (C=O) groups is 2. The van der Waals surface area contributed by atoms with E-state index < -0.39 is 26.5 Å². The van der Waals surface area contributed by atoms with Crippen molar-refractivity contribution in [1.29, 1.82) is 0 Å². The van der Waals surface area contributed by atoms with Crippen LogP contribution in [0.1, 0.15) is 200 Å². The zero-order valence-corrected chi connectivity index (χ0v) is 35.8. The Morgan fingerprint density at radius 3 is 1.41 bits per heavy atom. The van der Waals surface area contributed by atoms with Gasteiger partial charge in [-0.05, 0) is 51.4 Å². The fraction of sp³-hybridized carbons (Fsp3) is 0.778. The first-order valence-electron chi connectivity index (χ1n) is 21.8. The van der Waals surface area contributed by atoms with Crippen LogP contribution in [0, 0.1) is 0 Å². The molecular weight excluding hydrogens is 699 g/mol. The summed E-state index contributed by atoms with van der Waals surface area (Å²) < 4.78 is 32.0. The summed E-state index contributed by atoms with van der Waals surface area (Å²) in [7, 11) is -3.21. The van der Waals surface area contributed by atoms with E-state index in [9.17, 15) is 19.0 Å². The molecular formula is C45H81O8P. The summed E-state index contributed by atoms with van der Waals surface area (Å²) in [6.07, 6.45) is 48.8. The quantitative estimate of drug-likeness (QED) is 0.0283. The lowest BCUT2D eigenvalue weighted by molar-refractivity contribution is -0.161. The van der Waals surface area contributed by atoms with Gasteiger partial charge < -0.3 is 14.4 Å². The van der Waals surface area contributed by atoms with Crippen LogP contribution in [0.5, 0.6) is 0 Å². The van der Waals surface area contributed by atoms with Crippen LogP contribution in [0.2, 0.25) is 0 Å². The van der Waals surface area contributed by atoms with Crippen LogP contribution < -0.4 is 0 Å². The Kier molecular flexibility index (Phi) is 39.2. The van der Waals surface area contributed by atoms with Gasteiger partial charge in [0.15, 0.2) is 6.10 Å². The van der Waals surface area contributed by atoms with Gasteiger partial charge in [0.2, 0.25) is 0 Å². The maximum atomic E-state index is 12.5. The van der Waals surface area contributed by atoms with Crippen LogP contribution in [0.3, 0.4) is 0 Å². The van der Waals surface area contributed by atoms with Gasteiger partial charge in [0.1, 0.15) is 6.61 Å². The molecule has 0 spiro atoms. The van der Waals surface area contributed by atoms with Gasteiger partial charge >= 0.3 is 19.8 Å². The van der Waals surface area contributed by atoms with Gasteiger partial charge in [-0.1, -0.05) is 184 Å². The van der Waals surface area contributed by atoms with E-state index >= 15 is 0 Å². The number of hydrogen-bond acceptors (Lipinski definition) is 7. The molecule has 0 aromatic heterocycles. The zero-order chi connectivity index (χ0) is 39.6. The van der Waals surface area contributed by atoms with Gasteiger partial charge in [0, 0.05) is 20.0 Å². The van der Waals surface area contributed by atoms with E-state index in [4.69, 9.17) is 14.0 Å². The molecule has 0 bridgehead atoms. The van der Waals surface area contributed by atoms with Crippen molar-refractivity contribution in [3.63, 3.8) is 0 Å². The molecule has 9 heteroatoms. The molecule has 54 heavy (non-hydrogen) atoms. The second-order valence-corrected chi connectivity index (χ2v) is 16.0. The minimum atomic E-state index is -4.27. The first-order valence-corrected chi connectivity index (χ1v) is 23.3. The summed E-state index contributed by atoms with van der Waals surface area (Å²) in [6.45, 7) is 3.77. The third-order valence-electron chi connectivity index (χ3n) is 9.34. The smallest absolute Gasteiger partial charge is 0.462 e. The number of phosphoric ester groups is 1. The van der Waals surface area contributed by atoms with Crippen LogP contribution in [0.25, 0.3) is 0 Å². The summed E-state index contributed by atoms with van der Waals surface area (Å²) in [5.41, 5.74) is 0. The lowest BCUT2D eigenvalue weighted by Gasteiger charge is -2.19. The highest BCUT2D eigenvalue weighted by Gasteiger charge is 2.24. The van der Waals surface area contributed by atoms with E-state index in [0.29, 0.717) is 6.42 Å². The Morgan fingerprint density at radius 2 is 0.944 bits per heavy atom. The Morgan fingerprint density at radius 1 is 0.537 bits per heavy atom. The van der Waals surface area contributed by atoms with Crippen LogP contribution in [0.15, 0.2) is 48.6 Å². The Balaban J connectivity index is 4.01. The van der Waals surface area contributed by atoms with Crippen molar-refractivity contribution in [3.8, 4) is 0 Å². The Bertz CT molecular complexity index is 1020. The molecule has 0 saturated carbocycles. The maximum Gasteiger partial charge on any atom is 0.472 e. The molecule has 0 aliphatic rings. The molecule has 0 aliphatic heterocycles. The number of unbranched alkanes of at least 4 members (excludes halogenated alkanes) is 21. The highest BCUT2D eigenvalue weighted by atomic mass is 31.2. The SMILES string of the molecule is CC/C=C\C/C=C\C/C=C\C/C=C\CCCCCCC(=O)OC(COC(=O)CCCCCCCCCCCCCCCCCCCC)COP(=O)(O)OC. The van der Waals surface area contributed by atoms with Crippen molar-refractivity contribution >= 4 is 19.8 Å². The summed E-state index contributed by atoms with van der Waals surface area (Å²) in [5, 5.41) is 0. The maximum absolute atomic E-state index is 12.5. The number of hydrogen-bond donors (Lipinski definition) is 1.